The minimum absolute atomic E-state index is 0.688. The third-order valence-electron chi connectivity index (χ3n) is 12.1. The quantitative estimate of drug-likeness (QED) is 0.161. The summed E-state index contributed by atoms with van der Waals surface area (Å²) < 4.78 is 2.51. The van der Waals surface area contributed by atoms with Crippen LogP contribution in [0.1, 0.15) is 0 Å². The molecule has 0 saturated heterocycles. The van der Waals surface area contributed by atoms with Gasteiger partial charge in [-0.15, -0.1) is 11.3 Å². The molecular formula is C59H37N3S. The zero-order valence-corrected chi connectivity index (χ0v) is 34.9. The number of fused-ring (bicyclic) bond motifs is 6. The fourth-order valence-electron chi connectivity index (χ4n) is 8.97. The van der Waals surface area contributed by atoms with E-state index >= 15 is 0 Å². The van der Waals surface area contributed by atoms with Gasteiger partial charge in [-0.2, -0.15) is 0 Å². The zero-order chi connectivity index (χ0) is 41.7. The Morgan fingerprint density at radius 3 is 1.48 bits per heavy atom. The van der Waals surface area contributed by atoms with Crippen LogP contribution in [0, 0.1) is 0 Å². The summed E-state index contributed by atoms with van der Waals surface area (Å²) in [5.41, 5.74) is 14.9. The number of thiophene rings is 1. The van der Waals surface area contributed by atoms with Crippen LogP contribution in [0.3, 0.4) is 0 Å². The molecule has 0 radical (unpaired) electrons. The minimum atomic E-state index is 0.688. The fourth-order valence-corrected chi connectivity index (χ4v) is 10.2. The lowest BCUT2D eigenvalue weighted by atomic mass is 9.94. The zero-order valence-electron chi connectivity index (χ0n) is 34.1. The normalized spacial score (nSPS) is 11.5. The minimum Gasteiger partial charge on any atom is -0.247 e. The summed E-state index contributed by atoms with van der Waals surface area (Å²) in [4.78, 5) is 15.9. The second-order valence-electron chi connectivity index (χ2n) is 15.9. The van der Waals surface area contributed by atoms with Gasteiger partial charge < -0.3 is 0 Å². The maximum absolute atomic E-state index is 5.51. The van der Waals surface area contributed by atoms with Crippen LogP contribution in [0.25, 0.3) is 120 Å². The van der Waals surface area contributed by atoms with Crippen molar-refractivity contribution in [1.29, 1.82) is 0 Å². The highest BCUT2D eigenvalue weighted by Gasteiger charge is 2.20. The summed E-state index contributed by atoms with van der Waals surface area (Å²) in [6.07, 6.45) is 0. The lowest BCUT2D eigenvalue weighted by molar-refractivity contribution is 1.18. The Balaban J connectivity index is 0.976. The van der Waals surface area contributed by atoms with Gasteiger partial charge in [0.2, 0.25) is 0 Å². The third kappa shape index (κ3) is 6.65. The van der Waals surface area contributed by atoms with Gasteiger partial charge in [-0.1, -0.05) is 206 Å². The monoisotopic (exact) mass is 819 g/mol. The first-order valence-electron chi connectivity index (χ1n) is 21.3. The van der Waals surface area contributed by atoms with E-state index in [2.05, 4.69) is 212 Å². The van der Waals surface area contributed by atoms with E-state index in [1.165, 1.54) is 53.0 Å². The number of rotatable bonds is 7. The van der Waals surface area contributed by atoms with Gasteiger partial charge in [0.15, 0.2) is 5.82 Å². The topological polar surface area (TPSA) is 38.7 Å². The van der Waals surface area contributed by atoms with Crippen molar-refractivity contribution < 1.29 is 0 Å². The second kappa shape index (κ2) is 15.4. The van der Waals surface area contributed by atoms with Gasteiger partial charge in [0, 0.05) is 47.8 Å². The molecule has 3 aromatic heterocycles. The van der Waals surface area contributed by atoms with Crippen LogP contribution in [0.2, 0.25) is 0 Å². The smallest absolute Gasteiger partial charge is 0.160 e. The number of nitrogens with zero attached hydrogens (tertiary/aromatic N) is 3. The molecule has 3 nitrogen and oxygen atoms in total. The molecule has 3 heterocycles. The van der Waals surface area contributed by atoms with E-state index in [1.54, 1.807) is 0 Å². The first kappa shape index (κ1) is 36.8. The first-order chi connectivity index (χ1) is 31.2. The Bertz CT molecular complexity index is 3530. The Kier molecular flexibility index (Phi) is 9.02. The van der Waals surface area contributed by atoms with Gasteiger partial charge in [-0.05, 0) is 62.4 Å². The number of benzene rings is 9. The molecule has 0 aliphatic heterocycles. The molecule has 0 aliphatic carbocycles. The van der Waals surface area contributed by atoms with E-state index in [-0.39, 0.29) is 0 Å². The molecule has 0 spiro atoms. The van der Waals surface area contributed by atoms with E-state index in [1.807, 2.05) is 23.5 Å². The van der Waals surface area contributed by atoms with E-state index in [4.69, 9.17) is 15.0 Å². The third-order valence-corrected chi connectivity index (χ3v) is 13.3. The standard InChI is InChI=1S/C59H37N3S/c1-3-13-38(14-4-1)40-25-31-44(32-26-40)52-37-53(62-59(61-52)46-35-27-41(28-36-46)39-15-5-2-6-16-39)45-33-29-43(30-34-45)48-21-12-23-51-55(48)58-56(50-20-9-10-24-54(50)63-58)57(60-51)49-22-11-18-42-17-7-8-19-47(42)49/h1-37H. The molecule has 9 aromatic carbocycles. The molecule has 12 rings (SSSR count). The number of pyridine rings is 1. The van der Waals surface area contributed by atoms with E-state index in [0.717, 1.165) is 61.5 Å². The lowest BCUT2D eigenvalue weighted by Crippen LogP contribution is -1.96. The van der Waals surface area contributed by atoms with E-state index in [0.29, 0.717) is 5.82 Å². The van der Waals surface area contributed by atoms with Crippen LogP contribution < -0.4 is 0 Å². The maximum atomic E-state index is 5.51. The van der Waals surface area contributed by atoms with Crippen LogP contribution in [-0.4, -0.2) is 15.0 Å². The van der Waals surface area contributed by atoms with Crippen LogP contribution >= 0.6 is 11.3 Å². The molecule has 0 bridgehead atoms. The van der Waals surface area contributed by atoms with Gasteiger partial charge in [-0.3, -0.25) is 0 Å². The average Bonchev–Trinajstić information content (AvgIpc) is 3.76. The van der Waals surface area contributed by atoms with Crippen molar-refractivity contribution in [2.24, 2.45) is 0 Å². The molecule has 0 aliphatic rings. The van der Waals surface area contributed by atoms with Crippen LogP contribution in [0.15, 0.2) is 224 Å². The summed E-state index contributed by atoms with van der Waals surface area (Å²) in [5, 5.41) is 6.04. The summed E-state index contributed by atoms with van der Waals surface area (Å²) in [6, 6.07) is 79.6. The van der Waals surface area contributed by atoms with Crippen LogP contribution in [-0.2, 0) is 0 Å². The van der Waals surface area contributed by atoms with Crippen molar-refractivity contribution in [3.63, 3.8) is 0 Å². The van der Waals surface area contributed by atoms with Crippen LogP contribution in [0.4, 0.5) is 0 Å². The van der Waals surface area contributed by atoms with Gasteiger partial charge in [0.05, 0.1) is 22.6 Å². The lowest BCUT2D eigenvalue weighted by Gasteiger charge is -2.14. The van der Waals surface area contributed by atoms with E-state index in [9.17, 15) is 0 Å². The van der Waals surface area contributed by atoms with Crippen molar-refractivity contribution in [2.75, 3.05) is 0 Å². The first-order valence-corrected chi connectivity index (χ1v) is 22.1. The molecule has 0 amide bonds. The van der Waals surface area contributed by atoms with Gasteiger partial charge >= 0.3 is 0 Å². The maximum Gasteiger partial charge on any atom is 0.160 e. The Morgan fingerprint density at radius 2 is 0.810 bits per heavy atom. The second-order valence-corrected chi connectivity index (χ2v) is 17.0. The van der Waals surface area contributed by atoms with Gasteiger partial charge in [-0.25, -0.2) is 15.0 Å². The van der Waals surface area contributed by atoms with Gasteiger partial charge in [0.25, 0.3) is 0 Å². The van der Waals surface area contributed by atoms with Crippen molar-refractivity contribution >= 4 is 53.2 Å². The molecular weight excluding hydrogens is 783 g/mol. The summed E-state index contributed by atoms with van der Waals surface area (Å²) in [7, 11) is 0. The molecule has 0 unspecified atom stereocenters. The summed E-state index contributed by atoms with van der Waals surface area (Å²) in [5.74, 6) is 0.688. The van der Waals surface area contributed by atoms with Crippen LogP contribution in [0.5, 0.6) is 0 Å². The highest BCUT2D eigenvalue weighted by molar-refractivity contribution is 7.26. The average molecular weight is 820 g/mol. The number of hydrogen-bond acceptors (Lipinski definition) is 4. The molecule has 12 aromatic rings. The van der Waals surface area contributed by atoms with Crippen molar-refractivity contribution in [3.05, 3.63) is 224 Å². The molecule has 0 atom stereocenters. The predicted octanol–water partition coefficient (Wildman–Crippen LogP) is 16.2. The van der Waals surface area contributed by atoms with Crippen molar-refractivity contribution in [1.82, 2.24) is 15.0 Å². The number of aromatic nitrogens is 3. The van der Waals surface area contributed by atoms with Gasteiger partial charge in [0.1, 0.15) is 0 Å². The molecule has 0 N–H and O–H groups in total. The molecule has 4 heteroatoms. The SMILES string of the molecule is c1ccc(-c2ccc(-c3cc(-c4ccc(-c5cccc6nc(-c7cccc8ccccc78)c7c8ccccc8sc7c56)cc4)nc(-c4ccc(-c5ccccc5)cc4)n3)cc2)cc1. The Hall–Kier alpha value is -8.05. The number of hydrogen-bond donors (Lipinski definition) is 0. The van der Waals surface area contributed by atoms with Crippen molar-refractivity contribution in [3.8, 4) is 78.5 Å². The molecule has 0 saturated carbocycles. The predicted molar refractivity (Wildman–Crippen MR) is 266 cm³/mol. The summed E-state index contributed by atoms with van der Waals surface area (Å²) in [6.45, 7) is 0. The largest absolute Gasteiger partial charge is 0.247 e. The van der Waals surface area contributed by atoms with E-state index < -0.39 is 0 Å². The highest BCUT2D eigenvalue weighted by atomic mass is 32.1. The Labute approximate surface area is 369 Å². The summed E-state index contributed by atoms with van der Waals surface area (Å²) >= 11 is 1.86. The highest BCUT2D eigenvalue weighted by Crippen LogP contribution is 2.46. The fraction of sp³-hybridized carbons (Fsp3) is 0. The Morgan fingerprint density at radius 1 is 0.317 bits per heavy atom. The molecule has 63 heavy (non-hydrogen) atoms. The van der Waals surface area contributed by atoms with Crippen molar-refractivity contribution in [2.45, 2.75) is 0 Å². The molecule has 294 valence electrons. The molecule has 0 fully saturated rings.